The van der Waals surface area contributed by atoms with Crippen LogP contribution in [0.1, 0.15) is 11.1 Å². The van der Waals surface area contributed by atoms with E-state index < -0.39 is 5.82 Å². The number of aromatic hydroxyl groups is 1. The number of hydrogen-bond acceptors (Lipinski definition) is 3. The van der Waals surface area contributed by atoms with Gasteiger partial charge in [0.25, 0.3) is 0 Å². The van der Waals surface area contributed by atoms with Crippen LogP contribution in [0, 0.1) is 5.82 Å². The summed E-state index contributed by atoms with van der Waals surface area (Å²) in [4.78, 5) is 0.143. The lowest BCUT2D eigenvalue weighted by Crippen LogP contribution is -2.09. The highest BCUT2D eigenvalue weighted by molar-refractivity contribution is 7.80. The fourth-order valence-electron chi connectivity index (χ4n) is 1.52. The topological polar surface area (TPSA) is 55.5 Å². The quantitative estimate of drug-likeness (QED) is 0.844. The third-order valence-electron chi connectivity index (χ3n) is 2.55. The molecule has 5 heteroatoms. The van der Waals surface area contributed by atoms with Gasteiger partial charge in [-0.15, -0.1) is 0 Å². The van der Waals surface area contributed by atoms with Crippen molar-refractivity contribution in [3.8, 4) is 11.5 Å². The van der Waals surface area contributed by atoms with Gasteiger partial charge in [0.15, 0.2) is 11.6 Å². The van der Waals surface area contributed by atoms with Crippen molar-refractivity contribution in [2.24, 2.45) is 5.73 Å². The molecule has 2 rings (SSSR count). The Kier molecular flexibility index (Phi) is 3.97. The molecule has 0 amide bonds. The maximum atomic E-state index is 13.7. The van der Waals surface area contributed by atoms with Crippen LogP contribution < -0.4 is 10.5 Å². The Hall–Kier alpha value is -2.14. The summed E-state index contributed by atoms with van der Waals surface area (Å²) in [7, 11) is 0. The third kappa shape index (κ3) is 3.42. The average molecular weight is 277 g/mol. The molecule has 0 aliphatic heterocycles. The molecule has 0 unspecified atom stereocenters. The van der Waals surface area contributed by atoms with E-state index in [1.807, 2.05) is 0 Å². The Balaban J connectivity index is 2.07. The minimum atomic E-state index is -0.510. The zero-order chi connectivity index (χ0) is 13.8. The van der Waals surface area contributed by atoms with Crippen LogP contribution in [0.5, 0.6) is 11.5 Å². The second-order valence-electron chi connectivity index (χ2n) is 3.96. The molecule has 0 aliphatic rings. The van der Waals surface area contributed by atoms with Gasteiger partial charge in [0.1, 0.15) is 17.3 Å². The molecule has 3 N–H and O–H groups in total. The summed E-state index contributed by atoms with van der Waals surface area (Å²) < 4.78 is 19.1. The molecule has 0 atom stereocenters. The molecule has 2 aromatic rings. The molecule has 3 nitrogen and oxygen atoms in total. The number of hydrogen-bond donors (Lipinski definition) is 2. The molecule has 19 heavy (non-hydrogen) atoms. The molecular weight excluding hydrogens is 265 g/mol. The zero-order valence-corrected chi connectivity index (χ0v) is 10.8. The van der Waals surface area contributed by atoms with Crippen molar-refractivity contribution < 1.29 is 14.2 Å². The molecule has 0 heterocycles. The van der Waals surface area contributed by atoms with Crippen molar-refractivity contribution in [3.63, 3.8) is 0 Å². The van der Waals surface area contributed by atoms with Gasteiger partial charge in [0.2, 0.25) is 0 Å². The van der Waals surface area contributed by atoms with Gasteiger partial charge in [-0.3, -0.25) is 0 Å². The molecular formula is C14H12FNO2S. The van der Waals surface area contributed by atoms with Crippen LogP contribution >= 0.6 is 12.2 Å². The number of nitrogens with two attached hydrogens (primary N) is 1. The first-order valence-corrected chi connectivity index (χ1v) is 5.97. The van der Waals surface area contributed by atoms with Crippen LogP contribution in [0.3, 0.4) is 0 Å². The van der Waals surface area contributed by atoms with Gasteiger partial charge in [0.05, 0.1) is 0 Å². The summed E-state index contributed by atoms with van der Waals surface area (Å²) >= 11 is 4.76. The van der Waals surface area contributed by atoms with Crippen LogP contribution in [0.15, 0.2) is 42.5 Å². The maximum Gasteiger partial charge on any atom is 0.165 e. The first kappa shape index (κ1) is 13.3. The van der Waals surface area contributed by atoms with Gasteiger partial charge in [-0.25, -0.2) is 4.39 Å². The van der Waals surface area contributed by atoms with Crippen molar-refractivity contribution in [3.05, 3.63) is 59.4 Å². The Labute approximate surface area is 115 Å². The van der Waals surface area contributed by atoms with E-state index in [2.05, 4.69) is 0 Å². The fraction of sp³-hybridized carbons (Fsp3) is 0.0714. The largest absolute Gasteiger partial charge is 0.508 e. The molecule has 0 bridgehead atoms. The maximum absolute atomic E-state index is 13.7. The van der Waals surface area contributed by atoms with Crippen LogP contribution in [0.4, 0.5) is 4.39 Å². The van der Waals surface area contributed by atoms with Crippen molar-refractivity contribution in [2.45, 2.75) is 6.61 Å². The summed E-state index contributed by atoms with van der Waals surface area (Å²) in [5.41, 5.74) is 6.70. The van der Waals surface area contributed by atoms with E-state index >= 15 is 0 Å². The van der Waals surface area contributed by atoms with Crippen LogP contribution in [-0.4, -0.2) is 10.1 Å². The van der Waals surface area contributed by atoms with Gasteiger partial charge in [-0.05, 0) is 35.9 Å². The second-order valence-corrected chi connectivity index (χ2v) is 4.40. The Morgan fingerprint density at radius 3 is 2.47 bits per heavy atom. The summed E-state index contributed by atoms with van der Waals surface area (Å²) in [6.07, 6.45) is 0. The van der Waals surface area contributed by atoms with Gasteiger partial charge in [-0.1, -0.05) is 24.4 Å². The zero-order valence-electron chi connectivity index (χ0n) is 9.97. The molecule has 2 aromatic carbocycles. The number of ether oxygens (including phenoxy) is 1. The lowest BCUT2D eigenvalue weighted by atomic mass is 10.2. The Morgan fingerprint density at radius 2 is 1.89 bits per heavy atom. The first-order chi connectivity index (χ1) is 9.06. The van der Waals surface area contributed by atoms with Crippen LogP contribution in [-0.2, 0) is 6.61 Å². The van der Waals surface area contributed by atoms with Crippen molar-refractivity contribution in [1.29, 1.82) is 0 Å². The van der Waals surface area contributed by atoms with Crippen LogP contribution in [0.25, 0.3) is 0 Å². The molecule has 0 fully saturated rings. The molecule has 0 radical (unpaired) electrons. The lowest BCUT2D eigenvalue weighted by Gasteiger charge is -2.08. The summed E-state index contributed by atoms with van der Waals surface area (Å²) in [6.45, 7) is 0.212. The highest BCUT2D eigenvalue weighted by Gasteiger charge is 2.06. The summed E-state index contributed by atoms with van der Waals surface area (Å²) in [5.74, 6) is -0.201. The predicted molar refractivity (Wildman–Crippen MR) is 74.7 cm³/mol. The predicted octanol–water partition coefficient (Wildman–Crippen LogP) is 2.74. The number of phenolic OH excluding ortho intramolecular Hbond substituents is 1. The number of benzene rings is 2. The van der Waals surface area contributed by atoms with Crippen molar-refractivity contribution in [1.82, 2.24) is 0 Å². The summed E-state index contributed by atoms with van der Waals surface area (Å²) in [6, 6.07) is 10.8. The highest BCUT2D eigenvalue weighted by Crippen LogP contribution is 2.20. The second kappa shape index (κ2) is 5.67. The van der Waals surface area contributed by atoms with E-state index in [0.717, 1.165) is 5.56 Å². The van der Waals surface area contributed by atoms with E-state index in [-0.39, 0.29) is 23.1 Å². The molecule has 0 spiro atoms. The van der Waals surface area contributed by atoms with Gasteiger partial charge in [0, 0.05) is 5.56 Å². The Morgan fingerprint density at radius 1 is 1.21 bits per heavy atom. The standard InChI is InChI=1S/C14H12FNO2S/c15-12-7-10(14(16)19)3-6-13(12)18-8-9-1-4-11(17)5-2-9/h1-7,17H,8H2,(H2,16,19). The van der Waals surface area contributed by atoms with Crippen molar-refractivity contribution >= 4 is 17.2 Å². The molecule has 0 saturated carbocycles. The van der Waals surface area contributed by atoms with Gasteiger partial charge >= 0.3 is 0 Å². The SMILES string of the molecule is NC(=S)c1ccc(OCc2ccc(O)cc2)c(F)c1. The van der Waals surface area contributed by atoms with E-state index in [9.17, 15) is 4.39 Å². The van der Waals surface area contributed by atoms with E-state index in [1.54, 1.807) is 30.3 Å². The fourth-order valence-corrected chi connectivity index (χ4v) is 1.65. The van der Waals surface area contributed by atoms with Gasteiger partial charge < -0.3 is 15.6 Å². The number of rotatable bonds is 4. The number of phenols is 1. The smallest absolute Gasteiger partial charge is 0.165 e. The Bertz CT molecular complexity index is 599. The number of thiocarbonyl (C=S) groups is 1. The lowest BCUT2D eigenvalue weighted by molar-refractivity contribution is 0.290. The monoisotopic (exact) mass is 277 g/mol. The summed E-state index contributed by atoms with van der Waals surface area (Å²) in [5, 5.41) is 9.14. The van der Waals surface area contributed by atoms with E-state index in [4.69, 9.17) is 27.8 Å². The van der Waals surface area contributed by atoms with Crippen molar-refractivity contribution in [2.75, 3.05) is 0 Å². The minimum absolute atomic E-state index is 0.132. The molecule has 0 saturated heterocycles. The number of halogens is 1. The molecule has 0 aliphatic carbocycles. The molecule has 98 valence electrons. The van der Waals surface area contributed by atoms with Crippen LogP contribution in [0.2, 0.25) is 0 Å². The molecule has 0 aromatic heterocycles. The first-order valence-electron chi connectivity index (χ1n) is 5.56. The normalized spacial score (nSPS) is 10.2. The minimum Gasteiger partial charge on any atom is -0.508 e. The average Bonchev–Trinajstić information content (AvgIpc) is 2.39. The van der Waals surface area contributed by atoms with E-state index in [0.29, 0.717) is 5.56 Å². The highest BCUT2D eigenvalue weighted by atomic mass is 32.1. The van der Waals surface area contributed by atoms with E-state index in [1.165, 1.54) is 12.1 Å². The third-order valence-corrected chi connectivity index (χ3v) is 2.78. The van der Waals surface area contributed by atoms with Gasteiger partial charge in [-0.2, -0.15) is 0 Å².